The third-order valence-corrected chi connectivity index (χ3v) is 7.14. The maximum atomic E-state index is 13.2. The number of rotatable bonds is 10. The van der Waals surface area contributed by atoms with E-state index in [2.05, 4.69) is 13.8 Å². The zero-order valence-corrected chi connectivity index (χ0v) is 22.7. The van der Waals surface area contributed by atoms with Crippen molar-refractivity contribution in [3.63, 3.8) is 0 Å². The maximum absolute atomic E-state index is 13.2. The van der Waals surface area contributed by atoms with E-state index in [1.54, 1.807) is 12.0 Å². The number of carbonyl (C=O) groups excluding carboxylic acids is 1. The van der Waals surface area contributed by atoms with Crippen LogP contribution in [0, 0.1) is 12.8 Å². The number of amides is 1. The summed E-state index contributed by atoms with van der Waals surface area (Å²) in [7, 11) is 1.65. The summed E-state index contributed by atoms with van der Waals surface area (Å²) >= 11 is 6.83. The quantitative estimate of drug-likeness (QED) is 0.182. The first-order valence-electron chi connectivity index (χ1n) is 12.0. The number of hydrogen-bond acceptors (Lipinski definition) is 6. The van der Waals surface area contributed by atoms with Crippen molar-refractivity contribution < 1.29 is 14.3 Å². The molecule has 1 fully saturated rings. The van der Waals surface area contributed by atoms with Crippen LogP contribution in [0.15, 0.2) is 59.6 Å². The highest BCUT2D eigenvalue weighted by Gasteiger charge is 2.32. The first-order chi connectivity index (χ1) is 17.4. The summed E-state index contributed by atoms with van der Waals surface area (Å²) in [6.07, 6.45) is 4.59. The molecule has 0 unspecified atom stereocenters. The van der Waals surface area contributed by atoms with Gasteiger partial charge in [0, 0.05) is 43.1 Å². The van der Waals surface area contributed by atoms with Crippen LogP contribution in [0.4, 0.5) is 0 Å². The Bertz CT molecular complexity index is 1270. The number of thiocarbonyl (C=S) groups is 1. The molecule has 0 radical (unpaired) electrons. The predicted octanol–water partition coefficient (Wildman–Crippen LogP) is 6.12. The summed E-state index contributed by atoms with van der Waals surface area (Å²) in [5.74, 6) is 1.18. The van der Waals surface area contributed by atoms with Gasteiger partial charge in [-0.1, -0.05) is 68.2 Å². The third kappa shape index (κ3) is 5.88. The fourth-order valence-corrected chi connectivity index (χ4v) is 5.20. The number of methoxy groups -OCH3 is 1. The lowest BCUT2D eigenvalue weighted by atomic mass is 10.0. The van der Waals surface area contributed by atoms with E-state index in [-0.39, 0.29) is 5.91 Å². The van der Waals surface area contributed by atoms with Crippen LogP contribution >= 0.6 is 24.0 Å². The Morgan fingerprint density at radius 3 is 2.64 bits per heavy atom. The molecule has 1 saturated heterocycles. The number of carbonyl (C=O) groups is 1. The molecule has 8 heteroatoms. The molecule has 2 aromatic carbocycles. The topological polar surface area (TPSA) is 56.6 Å². The summed E-state index contributed by atoms with van der Waals surface area (Å²) in [5.41, 5.74) is 4.55. The lowest BCUT2D eigenvalue weighted by Gasteiger charge is -2.14. The van der Waals surface area contributed by atoms with Gasteiger partial charge in [0.1, 0.15) is 15.8 Å². The van der Waals surface area contributed by atoms with Gasteiger partial charge in [-0.15, -0.1) is 0 Å². The van der Waals surface area contributed by atoms with Gasteiger partial charge in [-0.3, -0.25) is 9.69 Å². The van der Waals surface area contributed by atoms with Crippen LogP contribution in [0.25, 0.3) is 23.0 Å². The Morgan fingerprint density at radius 2 is 1.92 bits per heavy atom. The van der Waals surface area contributed by atoms with E-state index < -0.39 is 0 Å². The van der Waals surface area contributed by atoms with Gasteiger partial charge in [-0.25, -0.2) is 4.68 Å². The van der Waals surface area contributed by atoms with E-state index in [0.29, 0.717) is 34.9 Å². The first kappa shape index (κ1) is 26.1. The van der Waals surface area contributed by atoms with Crippen molar-refractivity contribution in [1.29, 1.82) is 0 Å². The maximum Gasteiger partial charge on any atom is 0.266 e. The van der Waals surface area contributed by atoms with E-state index in [1.165, 1.54) is 11.8 Å². The standard InChI is InChI=1S/C28H31N3O3S2/c1-19(2)18-34-24-13-8-12-23(20(24)3)26-21(17-31(29-26)22-10-6-5-7-11-22)16-25-27(32)30(28(35)36-25)14-9-15-33-4/h5-8,10-13,16-17,19H,9,14-15,18H2,1-4H3/b25-16-. The SMILES string of the molecule is COCCCN1C(=O)/C(=C/c2cn(-c3ccccc3)nc2-c2cccc(OCC(C)C)c2C)SC1=S. The minimum atomic E-state index is -0.0785. The smallest absolute Gasteiger partial charge is 0.266 e. The van der Waals surface area contributed by atoms with Crippen molar-refractivity contribution in [3.8, 4) is 22.7 Å². The Balaban J connectivity index is 1.75. The van der Waals surface area contributed by atoms with E-state index in [1.807, 2.05) is 72.4 Å². The molecule has 1 aromatic heterocycles. The molecule has 1 aliphatic rings. The van der Waals surface area contributed by atoms with Crippen molar-refractivity contribution in [2.45, 2.75) is 27.2 Å². The lowest BCUT2D eigenvalue weighted by Crippen LogP contribution is -2.29. The number of ether oxygens (including phenoxy) is 2. The van der Waals surface area contributed by atoms with Crippen LogP contribution in [0.5, 0.6) is 5.75 Å². The monoisotopic (exact) mass is 521 g/mol. The summed E-state index contributed by atoms with van der Waals surface area (Å²) in [5, 5.41) is 4.95. The van der Waals surface area contributed by atoms with E-state index >= 15 is 0 Å². The number of aromatic nitrogens is 2. The zero-order chi connectivity index (χ0) is 25.7. The highest BCUT2D eigenvalue weighted by atomic mass is 32.2. The first-order valence-corrected chi connectivity index (χ1v) is 13.2. The summed E-state index contributed by atoms with van der Waals surface area (Å²) in [6.45, 7) is 8.07. The molecule has 0 saturated carbocycles. The second-order valence-electron chi connectivity index (χ2n) is 9.03. The van der Waals surface area contributed by atoms with Gasteiger partial charge in [0.2, 0.25) is 0 Å². The van der Waals surface area contributed by atoms with E-state index in [9.17, 15) is 4.79 Å². The molecule has 2 heterocycles. The van der Waals surface area contributed by atoms with Crippen molar-refractivity contribution in [2.75, 3.05) is 26.9 Å². The van der Waals surface area contributed by atoms with Gasteiger partial charge >= 0.3 is 0 Å². The Hall–Kier alpha value is -2.94. The van der Waals surface area contributed by atoms with Crippen LogP contribution in [0.2, 0.25) is 0 Å². The summed E-state index contributed by atoms with van der Waals surface area (Å²) in [4.78, 5) is 15.4. The normalized spacial score (nSPS) is 14.9. The predicted molar refractivity (Wildman–Crippen MR) is 150 cm³/mol. The molecule has 0 spiro atoms. The number of nitrogens with zero attached hydrogens (tertiary/aromatic N) is 3. The summed E-state index contributed by atoms with van der Waals surface area (Å²) < 4.78 is 13.6. The van der Waals surface area contributed by atoms with Crippen molar-refractivity contribution >= 4 is 40.3 Å². The number of benzene rings is 2. The second kappa shape index (κ2) is 11.9. The molecule has 1 amide bonds. The average molecular weight is 522 g/mol. The van der Waals surface area contributed by atoms with Crippen LogP contribution < -0.4 is 4.74 Å². The van der Waals surface area contributed by atoms with Gasteiger partial charge in [0.25, 0.3) is 5.91 Å². The van der Waals surface area contributed by atoms with Gasteiger partial charge in [-0.2, -0.15) is 5.10 Å². The van der Waals surface area contributed by atoms with Crippen LogP contribution in [-0.4, -0.2) is 51.8 Å². The molecule has 6 nitrogen and oxygen atoms in total. The minimum absolute atomic E-state index is 0.0785. The summed E-state index contributed by atoms with van der Waals surface area (Å²) in [6, 6.07) is 16.0. The highest BCUT2D eigenvalue weighted by Crippen LogP contribution is 2.37. The van der Waals surface area contributed by atoms with Crippen LogP contribution in [0.1, 0.15) is 31.4 Å². The number of thioether (sulfide) groups is 1. The van der Waals surface area contributed by atoms with Crippen LogP contribution in [0.3, 0.4) is 0 Å². The van der Waals surface area contributed by atoms with Crippen molar-refractivity contribution in [1.82, 2.24) is 14.7 Å². The highest BCUT2D eigenvalue weighted by molar-refractivity contribution is 8.26. The Kier molecular flexibility index (Phi) is 8.61. The molecule has 1 aliphatic heterocycles. The molecule has 0 aliphatic carbocycles. The fourth-order valence-electron chi connectivity index (χ4n) is 3.90. The molecule has 188 valence electrons. The van der Waals surface area contributed by atoms with Gasteiger partial charge in [0.05, 0.1) is 17.2 Å². The Labute approximate surface area is 222 Å². The molecule has 0 bridgehead atoms. The van der Waals surface area contributed by atoms with Gasteiger partial charge in [-0.05, 0) is 43.5 Å². The molecule has 4 rings (SSSR count). The Morgan fingerprint density at radius 1 is 1.14 bits per heavy atom. The van der Waals surface area contributed by atoms with E-state index in [4.69, 9.17) is 26.8 Å². The van der Waals surface area contributed by atoms with E-state index in [0.717, 1.165) is 40.2 Å². The van der Waals surface area contributed by atoms with Gasteiger partial charge < -0.3 is 9.47 Å². The molecule has 0 atom stereocenters. The fraction of sp³-hybridized carbons (Fsp3) is 0.321. The number of hydrogen-bond donors (Lipinski definition) is 0. The molecular weight excluding hydrogens is 490 g/mol. The lowest BCUT2D eigenvalue weighted by molar-refractivity contribution is -0.122. The zero-order valence-electron chi connectivity index (χ0n) is 21.1. The minimum Gasteiger partial charge on any atom is -0.493 e. The molecular formula is C28H31N3O3S2. The third-order valence-electron chi connectivity index (χ3n) is 5.77. The largest absolute Gasteiger partial charge is 0.493 e. The van der Waals surface area contributed by atoms with Gasteiger partial charge in [0.15, 0.2) is 0 Å². The molecule has 36 heavy (non-hydrogen) atoms. The second-order valence-corrected chi connectivity index (χ2v) is 10.7. The molecule has 0 N–H and O–H groups in total. The molecule has 3 aromatic rings. The average Bonchev–Trinajstić information content (AvgIpc) is 3.40. The van der Waals surface area contributed by atoms with Crippen molar-refractivity contribution in [3.05, 3.63) is 70.8 Å². The number of para-hydroxylation sites is 1. The van der Waals surface area contributed by atoms with Crippen molar-refractivity contribution in [2.24, 2.45) is 5.92 Å². The van der Waals surface area contributed by atoms with Crippen LogP contribution in [-0.2, 0) is 9.53 Å².